The molecule has 0 spiro atoms. The van der Waals surface area contributed by atoms with Gasteiger partial charge in [-0.2, -0.15) is 0 Å². The maximum Gasteiger partial charge on any atom is 0.313 e. The number of fused-ring (bicyclic) bond motifs is 1. The average molecular weight is 291 g/mol. The summed E-state index contributed by atoms with van der Waals surface area (Å²) in [5, 5.41) is 2.76. The van der Waals surface area contributed by atoms with Gasteiger partial charge in [0.25, 0.3) is 0 Å². The van der Waals surface area contributed by atoms with E-state index >= 15 is 0 Å². The van der Waals surface area contributed by atoms with Crippen LogP contribution < -0.4 is 10.1 Å². The van der Waals surface area contributed by atoms with Crippen LogP contribution in [0.15, 0.2) is 18.2 Å². The van der Waals surface area contributed by atoms with Gasteiger partial charge in [-0.1, -0.05) is 6.07 Å². The van der Waals surface area contributed by atoms with Gasteiger partial charge in [-0.25, -0.2) is 0 Å². The third-order valence-corrected chi connectivity index (χ3v) is 3.02. The van der Waals surface area contributed by atoms with Crippen molar-refractivity contribution >= 4 is 23.3 Å². The summed E-state index contributed by atoms with van der Waals surface area (Å²) in [7, 11) is 0. The number of carbonyl (C=O) groups is 3. The van der Waals surface area contributed by atoms with Gasteiger partial charge in [0.2, 0.25) is 5.91 Å². The Morgan fingerprint density at radius 1 is 1.29 bits per heavy atom. The van der Waals surface area contributed by atoms with Crippen LogP contribution in [0.3, 0.4) is 0 Å². The van der Waals surface area contributed by atoms with E-state index in [0.717, 1.165) is 5.56 Å². The van der Waals surface area contributed by atoms with Crippen LogP contribution in [-0.2, 0) is 25.5 Å². The molecule has 1 amide bonds. The first-order chi connectivity index (χ1) is 10.1. The summed E-state index contributed by atoms with van der Waals surface area (Å²) >= 11 is 0. The Morgan fingerprint density at radius 3 is 2.86 bits per heavy atom. The number of esters is 1. The third-order valence-electron chi connectivity index (χ3n) is 3.02. The van der Waals surface area contributed by atoms with Crippen molar-refractivity contribution in [1.29, 1.82) is 0 Å². The fraction of sp³-hybridized carbons (Fsp3) is 0.400. The average Bonchev–Trinajstić information content (AvgIpc) is 2.44. The fourth-order valence-electron chi connectivity index (χ4n) is 2.03. The van der Waals surface area contributed by atoms with Crippen molar-refractivity contribution in [3.63, 3.8) is 0 Å². The fourth-order valence-corrected chi connectivity index (χ4v) is 2.03. The van der Waals surface area contributed by atoms with Gasteiger partial charge in [-0.3, -0.25) is 14.4 Å². The van der Waals surface area contributed by atoms with Gasteiger partial charge in [-0.15, -0.1) is 0 Å². The van der Waals surface area contributed by atoms with Crippen LogP contribution in [-0.4, -0.2) is 30.9 Å². The van der Waals surface area contributed by atoms with E-state index < -0.39 is 5.97 Å². The molecule has 0 atom stereocenters. The molecule has 0 saturated heterocycles. The molecule has 1 aromatic rings. The molecule has 1 aliphatic rings. The van der Waals surface area contributed by atoms with Crippen LogP contribution in [0.25, 0.3) is 0 Å². The zero-order chi connectivity index (χ0) is 15.2. The first-order valence-corrected chi connectivity index (χ1v) is 6.81. The maximum absolute atomic E-state index is 11.5. The summed E-state index contributed by atoms with van der Waals surface area (Å²) in [5.41, 5.74) is 1.75. The molecule has 1 aromatic carbocycles. The molecule has 6 nitrogen and oxygen atoms in total. The van der Waals surface area contributed by atoms with E-state index in [2.05, 4.69) is 10.1 Å². The van der Waals surface area contributed by atoms with Crippen molar-refractivity contribution in [2.45, 2.75) is 26.2 Å². The number of anilines is 1. The Morgan fingerprint density at radius 2 is 2.10 bits per heavy atom. The van der Waals surface area contributed by atoms with E-state index in [9.17, 15) is 14.4 Å². The first-order valence-electron chi connectivity index (χ1n) is 6.81. The molecule has 1 aliphatic heterocycles. The Hall–Kier alpha value is -2.37. The van der Waals surface area contributed by atoms with E-state index in [1.54, 1.807) is 19.1 Å². The largest absolute Gasteiger partial charge is 0.486 e. The Labute approximate surface area is 122 Å². The second-order valence-electron chi connectivity index (χ2n) is 4.68. The SMILES string of the molecule is CCOC(=O)CC(=O)COc1ccc2c(c1)NC(=O)CC2. The number of rotatable bonds is 6. The van der Waals surface area contributed by atoms with Crippen LogP contribution in [0.1, 0.15) is 25.3 Å². The number of nitrogens with one attached hydrogen (secondary N) is 1. The van der Waals surface area contributed by atoms with Crippen LogP contribution in [0.4, 0.5) is 5.69 Å². The summed E-state index contributed by atoms with van der Waals surface area (Å²) in [6.07, 6.45) is 0.879. The lowest BCUT2D eigenvalue weighted by molar-refractivity contribution is -0.146. The van der Waals surface area contributed by atoms with E-state index in [1.165, 1.54) is 0 Å². The summed E-state index contributed by atoms with van der Waals surface area (Å²) < 4.78 is 10.0. The molecule has 0 radical (unpaired) electrons. The second-order valence-corrected chi connectivity index (χ2v) is 4.68. The van der Waals surface area contributed by atoms with Gasteiger partial charge in [0.15, 0.2) is 5.78 Å². The van der Waals surface area contributed by atoms with Crippen molar-refractivity contribution in [2.75, 3.05) is 18.5 Å². The van der Waals surface area contributed by atoms with Crippen molar-refractivity contribution in [1.82, 2.24) is 0 Å². The zero-order valence-electron chi connectivity index (χ0n) is 11.8. The molecule has 0 saturated carbocycles. The second kappa shape index (κ2) is 6.88. The minimum absolute atomic E-state index is 0.0296. The van der Waals surface area contributed by atoms with Gasteiger partial charge in [0.05, 0.1) is 6.61 Å². The van der Waals surface area contributed by atoms with Gasteiger partial charge < -0.3 is 14.8 Å². The van der Waals surface area contributed by atoms with Gasteiger partial charge in [0.1, 0.15) is 18.8 Å². The normalized spacial score (nSPS) is 13.1. The predicted octanol–water partition coefficient (Wildman–Crippen LogP) is 1.47. The topological polar surface area (TPSA) is 81.7 Å². The lowest BCUT2D eigenvalue weighted by atomic mass is 10.0. The minimum Gasteiger partial charge on any atom is -0.486 e. The molecule has 21 heavy (non-hydrogen) atoms. The summed E-state index contributed by atoms with van der Waals surface area (Å²) in [6.45, 7) is 1.73. The van der Waals surface area contributed by atoms with Gasteiger partial charge in [-0.05, 0) is 25.0 Å². The molecule has 0 aromatic heterocycles. The van der Waals surface area contributed by atoms with Crippen molar-refractivity contribution in [2.24, 2.45) is 0 Å². The van der Waals surface area contributed by atoms with E-state index in [0.29, 0.717) is 24.3 Å². The Kier molecular flexibility index (Phi) is 4.92. The molecule has 0 unspecified atom stereocenters. The number of carbonyl (C=O) groups excluding carboxylic acids is 3. The van der Waals surface area contributed by atoms with Crippen molar-refractivity contribution in [3.8, 4) is 5.75 Å². The van der Waals surface area contributed by atoms with Gasteiger partial charge >= 0.3 is 5.97 Å². The Balaban J connectivity index is 1.89. The highest BCUT2D eigenvalue weighted by Gasteiger charge is 2.16. The minimum atomic E-state index is -0.552. The van der Waals surface area contributed by atoms with Crippen LogP contribution in [0, 0.1) is 0 Å². The quantitative estimate of drug-likeness (QED) is 0.634. The lowest BCUT2D eigenvalue weighted by Crippen LogP contribution is -2.19. The highest BCUT2D eigenvalue weighted by molar-refractivity contribution is 5.96. The number of ether oxygens (including phenoxy) is 2. The molecule has 112 valence electrons. The number of amides is 1. The number of Topliss-reactive ketones (excluding diaryl/α,β-unsaturated/α-hetero) is 1. The third kappa shape index (κ3) is 4.30. The monoisotopic (exact) mass is 291 g/mol. The number of hydrogen-bond donors (Lipinski definition) is 1. The predicted molar refractivity (Wildman–Crippen MR) is 75.1 cm³/mol. The highest BCUT2D eigenvalue weighted by Crippen LogP contribution is 2.27. The molecular weight excluding hydrogens is 274 g/mol. The molecule has 0 fully saturated rings. The number of ketones is 1. The highest BCUT2D eigenvalue weighted by atomic mass is 16.5. The molecule has 1 N–H and O–H groups in total. The van der Waals surface area contributed by atoms with Crippen molar-refractivity contribution < 1.29 is 23.9 Å². The summed E-state index contributed by atoms with van der Waals surface area (Å²) in [6, 6.07) is 5.29. The number of hydrogen-bond acceptors (Lipinski definition) is 5. The smallest absolute Gasteiger partial charge is 0.313 e. The summed E-state index contributed by atoms with van der Waals surface area (Å²) in [5.74, 6) is -0.454. The van der Waals surface area contributed by atoms with Crippen molar-refractivity contribution in [3.05, 3.63) is 23.8 Å². The number of aryl methyl sites for hydroxylation is 1. The van der Waals surface area contributed by atoms with Crippen LogP contribution in [0.2, 0.25) is 0 Å². The van der Waals surface area contributed by atoms with Gasteiger partial charge in [0, 0.05) is 18.2 Å². The summed E-state index contributed by atoms with van der Waals surface area (Å²) in [4.78, 5) is 34.0. The maximum atomic E-state index is 11.5. The molecule has 0 aliphatic carbocycles. The molecule has 1 heterocycles. The Bertz CT molecular complexity index is 567. The van der Waals surface area contributed by atoms with E-state index in [-0.39, 0.29) is 31.3 Å². The first kappa shape index (κ1) is 15.0. The standard InChI is InChI=1S/C15H17NO5/c1-2-20-15(19)7-11(17)9-21-12-5-3-10-4-6-14(18)16-13(10)8-12/h3,5,8H,2,4,6-7,9H2,1H3,(H,16,18). The van der Waals surface area contributed by atoms with E-state index in [4.69, 9.17) is 4.74 Å². The molecule has 6 heteroatoms. The van der Waals surface area contributed by atoms with Crippen LogP contribution >= 0.6 is 0 Å². The molecular formula is C15H17NO5. The number of benzene rings is 1. The van der Waals surface area contributed by atoms with Crippen LogP contribution in [0.5, 0.6) is 5.75 Å². The molecule has 2 rings (SSSR count). The molecule has 0 bridgehead atoms. The zero-order valence-corrected chi connectivity index (χ0v) is 11.8. The van der Waals surface area contributed by atoms with E-state index in [1.807, 2.05) is 6.07 Å². The lowest BCUT2D eigenvalue weighted by Gasteiger charge is -2.17.